The van der Waals surface area contributed by atoms with Crippen LogP contribution >= 0.6 is 27.5 Å². The Morgan fingerprint density at radius 3 is 2.04 bits per heavy atom. The van der Waals surface area contributed by atoms with Gasteiger partial charge in [0, 0.05) is 4.47 Å². The average Bonchev–Trinajstić information content (AvgIpc) is 2.70. The van der Waals surface area contributed by atoms with Crippen molar-refractivity contribution < 1.29 is 14.3 Å². The van der Waals surface area contributed by atoms with Gasteiger partial charge in [-0.2, -0.15) is 0 Å². The molecule has 0 heterocycles. The van der Waals surface area contributed by atoms with Crippen molar-refractivity contribution in [2.45, 2.75) is 5.92 Å². The molecule has 0 aliphatic rings. The summed E-state index contributed by atoms with van der Waals surface area (Å²) in [6.07, 6.45) is 0. The van der Waals surface area contributed by atoms with Gasteiger partial charge in [-0.1, -0.05) is 88.2 Å². The van der Waals surface area contributed by atoms with Gasteiger partial charge in [0.15, 0.2) is 6.61 Å². The number of anilines is 1. The lowest BCUT2D eigenvalue weighted by molar-refractivity contribution is -0.147. The first-order valence-corrected chi connectivity index (χ1v) is 9.73. The molecule has 0 bridgehead atoms. The van der Waals surface area contributed by atoms with Crippen LogP contribution in [0.4, 0.5) is 5.69 Å². The predicted molar refractivity (Wildman–Crippen MR) is 113 cm³/mol. The van der Waals surface area contributed by atoms with Crippen LogP contribution in [0, 0.1) is 0 Å². The monoisotopic (exact) mass is 457 g/mol. The van der Waals surface area contributed by atoms with Crippen LogP contribution in [0.1, 0.15) is 17.0 Å². The van der Waals surface area contributed by atoms with Crippen molar-refractivity contribution in [2.75, 3.05) is 11.9 Å². The molecule has 0 radical (unpaired) electrons. The van der Waals surface area contributed by atoms with Crippen LogP contribution in [0.5, 0.6) is 0 Å². The van der Waals surface area contributed by atoms with Gasteiger partial charge in [-0.25, -0.2) is 0 Å². The molecule has 4 nitrogen and oxygen atoms in total. The molecule has 0 fully saturated rings. The standard InChI is InChI=1S/C22H17BrClNO3/c23-17-11-12-19(18(24)13-17)25-20(26)14-28-22(27)21(15-7-3-1-4-8-15)16-9-5-2-6-10-16/h1-13,21H,14H2,(H,25,26). The predicted octanol–water partition coefficient (Wildman–Crippen LogP) is 5.42. The van der Waals surface area contributed by atoms with Gasteiger partial charge in [-0.05, 0) is 29.3 Å². The van der Waals surface area contributed by atoms with E-state index in [4.69, 9.17) is 16.3 Å². The molecular weight excluding hydrogens is 442 g/mol. The summed E-state index contributed by atoms with van der Waals surface area (Å²) in [6.45, 7) is -0.401. The summed E-state index contributed by atoms with van der Waals surface area (Å²) in [4.78, 5) is 25.0. The van der Waals surface area contributed by atoms with Crippen LogP contribution in [0.3, 0.4) is 0 Å². The molecule has 1 N–H and O–H groups in total. The van der Waals surface area contributed by atoms with Crippen LogP contribution in [-0.2, 0) is 14.3 Å². The molecule has 0 spiro atoms. The molecule has 0 saturated heterocycles. The van der Waals surface area contributed by atoms with Crippen molar-refractivity contribution in [1.82, 2.24) is 0 Å². The highest BCUT2D eigenvalue weighted by atomic mass is 79.9. The maximum atomic E-state index is 12.8. The summed E-state index contributed by atoms with van der Waals surface area (Å²) in [7, 11) is 0. The summed E-state index contributed by atoms with van der Waals surface area (Å²) in [5, 5.41) is 3.03. The maximum absolute atomic E-state index is 12.8. The highest BCUT2D eigenvalue weighted by molar-refractivity contribution is 9.10. The molecule has 28 heavy (non-hydrogen) atoms. The van der Waals surface area contributed by atoms with Crippen molar-refractivity contribution in [1.29, 1.82) is 0 Å². The van der Waals surface area contributed by atoms with Crippen LogP contribution in [0.25, 0.3) is 0 Å². The minimum absolute atomic E-state index is 0.389. The lowest BCUT2D eigenvalue weighted by atomic mass is 9.91. The Balaban J connectivity index is 1.69. The number of halogens is 2. The second-order valence-electron chi connectivity index (χ2n) is 6.03. The van der Waals surface area contributed by atoms with Crippen molar-refractivity contribution in [2.24, 2.45) is 0 Å². The van der Waals surface area contributed by atoms with Gasteiger partial charge >= 0.3 is 5.97 Å². The average molecular weight is 459 g/mol. The maximum Gasteiger partial charge on any atom is 0.318 e. The summed E-state index contributed by atoms with van der Waals surface area (Å²) in [6, 6.07) is 23.8. The number of ether oxygens (including phenoxy) is 1. The highest BCUT2D eigenvalue weighted by Crippen LogP contribution is 2.27. The Morgan fingerprint density at radius 2 is 1.50 bits per heavy atom. The van der Waals surface area contributed by atoms with E-state index in [1.54, 1.807) is 18.2 Å². The summed E-state index contributed by atoms with van der Waals surface area (Å²) in [5.41, 5.74) is 2.05. The van der Waals surface area contributed by atoms with E-state index in [9.17, 15) is 9.59 Å². The molecule has 3 aromatic carbocycles. The molecule has 0 unspecified atom stereocenters. The van der Waals surface area contributed by atoms with Crippen LogP contribution in [-0.4, -0.2) is 18.5 Å². The smallest absolute Gasteiger partial charge is 0.318 e. The highest BCUT2D eigenvalue weighted by Gasteiger charge is 2.24. The largest absolute Gasteiger partial charge is 0.455 e. The van der Waals surface area contributed by atoms with Gasteiger partial charge in [-0.15, -0.1) is 0 Å². The van der Waals surface area contributed by atoms with E-state index >= 15 is 0 Å². The molecule has 1 amide bonds. The second-order valence-corrected chi connectivity index (χ2v) is 7.36. The summed E-state index contributed by atoms with van der Waals surface area (Å²) >= 11 is 9.40. The molecule has 0 atom stereocenters. The van der Waals surface area contributed by atoms with Crippen LogP contribution in [0.2, 0.25) is 5.02 Å². The molecule has 0 aliphatic carbocycles. The molecule has 0 aromatic heterocycles. The second kappa shape index (κ2) is 9.53. The quantitative estimate of drug-likeness (QED) is 0.502. The number of carbonyl (C=O) groups excluding carboxylic acids is 2. The topological polar surface area (TPSA) is 55.4 Å². The van der Waals surface area contributed by atoms with Crippen molar-refractivity contribution >= 4 is 45.1 Å². The first kappa shape index (κ1) is 20.1. The molecule has 3 aromatic rings. The molecule has 0 aliphatic heterocycles. The fourth-order valence-electron chi connectivity index (χ4n) is 2.75. The minimum Gasteiger partial charge on any atom is -0.455 e. The zero-order valence-corrected chi connectivity index (χ0v) is 17.1. The number of rotatable bonds is 6. The van der Waals surface area contributed by atoms with E-state index in [2.05, 4.69) is 21.2 Å². The normalized spacial score (nSPS) is 10.5. The third kappa shape index (κ3) is 5.21. The van der Waals surface area contributed by atoms with E-state index in [1.807, 2.05) is 60.7 Å². The van der Waals surface area contributed by atoms with E-state index in [1.165, 1.54) is 0 Å². The van der Waals surface area contributed by atoms with E-state index < -0.39 is 24.4 Å². The Kier molecular flexibility index (Phi) is 6.85. The molecule has 0 saturated carbocycles. The number of hydrogen-bond acceptors (Lipinski definition) is 3. The number of amides is 1. The number of carbonyl (C=O) groups is 2. The van der Waals surface area contributed by atoms with Gasteiger partial charge in [0.05, 0.1) is 10.7 Å². The van der Waals surface area contributed by atoms with Gasteiger partial charge < -0.3 is 10.1 Å². The lowest BCUT2D eigenvalue weighted by Crippen LogP contribution is -2.24. The molecule has 6 heteroatoms. The third-order valence-corrected chi connectivity index (χ3v) is 4.86. The van der Waals surface area contributed by atoms with E-state index in [0.29, 0.717) is 10.7 Å². The Morgan fingerprint density at radius 1 is 0.929 bits per heavy atom. The fraction of sp³-hybridized carbons (Fsp3) is 0.0909. The molecular formula is C22H17BrClNO3. The zero-order valence-electron chi connectivity index (χ0n) is 14.8. The van der Waals surface area contributed by atoms with Crippen LogP contribution < -0.4 is 5.32 Å². The van der Waals surface area contributed by atoms with Crippen molar-refractivity contribution in [3.63, 3.8) is 0 Å². The number of nitrogens with one attached hydrogen (secondary N) is 1. The number of esters is 1. The number of hydrogen-bond donors (Lipinski definition) is 1. The first-order valence-electron chi connectivity index (χ1n) is 8.56. The first-order chi connectivity index (χ1) is 13.5. The molecule has 3 rings (SSSR count). The van der Waals surface area contributed by atoms with Gasteiger partial charge in [0.1, 0.15) is 5.92 Å². The van der Waals surface area contributed by atoms with Gasteiger partial charge in [0.25, 0.3) is 5.91 Å². The Labute approximate surface area is 176 Å². The summed E-state index contributed by atoms with van der Waals surface area (Å²) in [5.74, 6) is -1.56. The zero-order chi connectivity index (χ0) is 19.9. The minimum atomic E-state index is -0.605. The van der Waals surface area contributed by atoms with Crippen molar-refractivity contribution in [3.8, 4) is 0 Å². The van der Waals surface area contributed by atoms with Crippen LogP contribution in [0.15, 0.2) is 83.3 Å². The molecule has 142 valence electrons. The Hall–Kier alpha value is -2.63. The lowest BCUT2D eigenvalue weighted by Gasteiger charge is -2.17. The number of benzene rings is 3. The Bertz CT molecular complexity index is 925. The summed E-state index contributed by atoms with van der Waals surface area (Å²) < 4.78 is 6.11. The van der Waals surface area contributed by atoms with E-state index in [0.717, 1.165) is 15.6 Å². The van der Waals surface area contributed by atoms with Gasteiger partial charge in [0.2, 0.25) is 0 Å². The van der Waals surface area contributed by atoms with E-state index in [-0.39, 0.29) is 0 Å². The SMILES string of the molecule is O=C(COC(=O)C(c1ccccc1)c1ccccc1)Nc1ccc(Br)cc1Cl. The van der Waals surface area contributed by atoms with Gasteiger partial charge in [-0.3, -0.25) is 9.59 Å². The van der Waals surface area contributed by atoms with Crippen molar-refractivity contribution in [3.05, 3.63) is 99.5 Å². The third-order valence-electron chi connectivity index (χ3n) is 4.05. The fourth-order valence-corrected chi connectivity index (χ4v) is 3.47.